The molecule has 0 saturated heterocycles. The molecule has 5 nitrogen and oxygen atoms in total. The summed E-state index contributed by atoms with van der Waals surface area (Å²) in [5.41, 5.74) is 3.90. The van der Waals surface area contributed by atoms with Crippen LogP contribution in [0.15, 0.2) is 29.4 Å². The van der Waals surface area contributed by atoms with Crippen LogP contribution in [0.5, 0.6) is 0 Å². The minimum absolute atomic E-state index is 0.111. The van der Waals surface area contributed by atoms with Gasteiger partial charge in [0.05, 0.1) is 23.3 Å². The van der Waals surface area contributed by atoms with Crippen molar-refractivity contribution >= 4 is 22.5 Å². The number of hydrogen-bond donors (Lipinski definition) is 1. The zero-order chi connectivity index (χ0) is 16.6. The van der Waals surface area contributed by atoms with E-state index in [-0.39, 0.29) is 5.91 Å². The van der Waals surface area contributed by atoms with Gasteiger partial charge in [-0.1, -0.05) is 16.8 Å². The minimum atomic E-state index is -0.465. The molecule has 0 unspecified atom stereocenters. The number of hydrogen-bond acceptors (Lipinski definition) is 4. The molecule has 2 aromatic rings. The average Bonchev–Trinajstić information content (AvgIpc) is 2.84. The lowest BCUT2D eigenvalue weighted by atomic mass is 10.00. The van der Waals surface area contributed by atoms with E-state index in [4.69, 9.17) is 4.84 Å². The summed E-state index contributed by atoms with van der Waals surface area (Å²) < 4.78 is 0. The third-order valence-corrected chi connectivity index (χ3v) is 4.01. The highest BCUT2D eigenvalue weighted by Crippen LogP contribution is 2.23. The molecule has 0 bridgehead atoms. The summed E-state index contributed by atoms with van der Waals surface area (Å²) in [6.07, 6.45) is 0.725. The first kappa shape index (κ1) is 15.5. The highest BCUT2D eigenvalue weighted by Gasteiger charge is 2.33. The number of nitrogens with zero attached hydrogens (tertiary/aromatic N) is 2. The Labute approximate surface area is 135 Å². The summed E-state index contributed by atoms with van der Waals surface area (Å²) >= 11 is 0. The van der Waals surface area contributed by atoms with Gasteiger partial charge < -0.3 is 10.2 Å². The van der Waals surface area contributed by atoms with Crippen LogP contribution >= 0.6 is 0 Å². The van der Waals surface area contributed by atoms with Gasteiger partial charge in [-0.05, 0) is 45.9 Å². The average molecular weight is 311 g/mol. The lowest BCUT2D eigenvalue weighted by molar-refractivity contribution is -0.00180. The molecule has 0 spiro atoms. The van der Waals surface area contributed by atoms with E-state index in [1.54, 1.807) is 0 Å². The van der Waals surface area contributed by atoms with Crippen molar-refractivity contribution in [2.75, 3.05) is 6.54 Å². The Hall–Kier alpha value is -2.43. The van der Waals surface area contributed by atoms with Crippen LogP contribution in [0, 0.1) is 13.8 Å². The summed E-state index contributed by atoms with van der Waals surface area (Å²) in [6.45, 7) is 8.20. The predicted molar refractivity (Wildman–Crippen MR) is 90.8 cm³/mol. The van der Waals surface area contributed by atoms with Gasteiger partial charge in [-0.3, -0.25) is 9.78 Å². The molecule has 1 N–H and O–H groups in total. The van der Waals surface area contributed by atoms with Crippen LogP contribution < -0.4 is 5.32 Å². The maximum absolute atomic E-state index is 12.7. The highest BCUT2D eigenvalue weighted by atomic mass is 16.7. The van der Waals surface area contributed by atoms with Gasteiger partial charge in [-0.25, -0.2) is 0 Å². The monoisotopic (exact) mass is 311 g/mol. The van der Waals surface area contributed by atoms with Gasteiger partial charge in [0.2, 0.25) is 0 Å². The van der Waals surface area contributed by atoms with Crippen molar-refractivity contribution in [1.82, 2.24) is 10.3 Å². The van der Waals surface area contributed by atoms with Crippen molar-refractivity contribution in [1.29, 1.82) is 0 Å². The van der Waals surface area contributed by atoms with Crippen molar-refractivity contribution in [3.63, 3.8) is 0 Å². The first-order chi connectivity index (χ1) is 10.9. The summed E-state index contributed by atoms with van der Waals surface area (Å²) in [5, 5.41) is 7.82. The molecule has 1 atom stereocenters. The lowest BCUT2D eigenvalue weighted by Gasteiger charge is -2.22. The summed E-state index contributed by atoms with van der Waals surface area (Å²) in [6, 6.07) is 7.78. The molecule has 5 heteroatoms. The number of amides is 1. The van der Waals surface area contributed by atoms with Gasteiger partial charge in [0.1, 0.15) is 0 Å². The third kappa shape index (κ3) is 3.18. The number of fused-ring (bicyclic) bond motifs is 1. The van der Waals surface area contributed by atoms with Crippen molar-refractivity contribution in [2.24, 2.45) is 5.16 Å². The largest absolute Gasteiger partial charge is 0.387 e. The van der Waals surface area contributed by atoms with E-state index >= 15 is 0 Å². The lowest BCUT2D eigenvalue weighted by Crippen LogP contribution is -2.40. The number of carbonyl (C=O) groups is 1. The Morgan fingerprint density at radius 1 is 1.30 bits per heavy atom. The van der Waals surface area contributed by atoms with Gasteiger partial charge in [0.15, 0.2) is 5.60 Å². The second kappa shape index (κ2) is 5.65. The summed E-state index contributed by atoms with van der Waals surface area (Å²) in [5.74, 6) is -0.111. The second-order valence-corrected chi connectivity index (χ2v) is 6.56. The van der Waals surface area contributed by atoms with E-state index in [1.807, 2.05) is 52.0 Å². The standard InChI is InChI=1S/C18H21N3O2/c1-11-5-6-16-14(7-11)15(8-12(2)20-16)17(22)19-10-18(4)9-13(3)21-23-18/h5-8H,9-10H2,1-4H3,(H,19,22)/t18-/m0/s1. The third-order valence-electron chi connectivity index (χ3n) is 4.01. The fourth-order valence-corrected chi connectivity index (χ4v) is 2.91. The maximum atomic E-state index is 12.7. The number of rotatable bonds is 3. The topological polar surface area (TPSA) is 63.6 Å². The van der Waals surface area contributed by atoms with Gasteiger partial charge in [0.25, 0.3) is 5.91 Å². The molecule has 0 aliphatic carbocycles. The van der Waals surface area contributed by atoms with Crippen molar-refractivity contribution in [2.45, 2.75) is 39.7 Å². The number of carbonyl (C=O) groups excluding carboxylic acids is 1. The fraction of sp³-hybridized carbons (Fsp3) is 0.389. The number of benzene rings is 1. The Morgan fingerprint density at radius 2 is 2.09 bits per heavy atom. The van der Waals surface area contributed by atoms with Gasteiger partial charge >= 0.3 is 0 Å². The minimum Gasteiger partial charge on any atom is -0.387 e. The normalized spacial score (nSPS) is 20.3. The molecule has 2 heterocycles. The predicted octanol–water partition coefficient (Wildman–Crippen LogP) is 3.14. The van der Waals surface area contributed by atoms with E-state index < -0.39 is 5.60 Å². The molecule has 0 radical (unpaired) electrons. The summed E-state index contributed by atoms with van der Waals surface area (Å²) in [7, 11) is 0. The number of aryl methyl sites for hydroxylation is 2. The van der Waals surface area contributed by atoms with Crippen LogP contribution in [0.4, 0.5) is 0 Å². The van der Waals surface area contributed by atoms with Crippen molar-refractivity contribution < 1.29 is 9.63 Å². The second-order valence-electron chi connectivity index (χ2n) is 6.56. The van der Waals surface area contributed by atoms with E-state index in [0.717, 1.165) is 34.3 Å². The number of nitrogens with one attached hydrogen (secondary N) is 1. The zero-order valence-corrected chi connectivity index (χ0v) is 13.9. The SMILES string of the molecule is CC1=NO[C@](C)(CNC(=O)c2cc(C)nc3ccc(C)cc23)C1. The highest BCUT2D eigenvalue weighted by molar-refractivity contribution is 6.06. The molecule has 3 rings (SSSR count). The smallest absolute Gasteiger partial charge is 0.252 e. The van der Waals surface area contributed by atoms with Crippen LogP contribution in [0.1, 0.15) is 41.9 Å². The molecule has 1 aromatic heterocycles. The molecular weight excluding hydrogens is 290 g/mol. The quantitative estimate of drug-likeness (QED) is 0.947. The Morgan fingerprint density at radius 3 is 2.78 bits per heavy atom. The van der Waals surface area contributed by atoms with Crippen LogP contribution in [-0.4, -0.2) is 28.7 Å². The molecule has 1 aliphatic rings. The van der Waals surface area contributed by atoms with Crippen LogP contribution in [0.2, 0.25) is 0 Å². The van der Waals surface area contributed by atoms with E-state index in [0.29, 0.717) is 12.1 Å². The van der Waals surface area contributed by atoms with E-state index in [1.165, 1.54) is 0 Å². The molecule has 1 aliphatic heterocycles. The van der Waals surface area contributed by atoms with Crippen molar-refractivity contribution in [3.05, 3.63) is 41.1 Å². The molecule has 0 fully saturated rings. The van der Waals surface area contributed by atoms with Crippen molar-refractivity contribution in [3.8, 4) is 0 Å². The molecule has 1 aromatic carbocycles. The first-order valence-electron chi connectivity index (χ1n) is 7.74. The molecule has 0 saturated carbocycles. The van der Waals surface area contributed by atoms with E-state index in [9.17, 15) is 4.79 Å². The maximum Gasteiger partial charge on any atom is 0.252 e. The van der Waals surface area contributed by atoms with Crippen LogP contribution in [-0.2, 0) is 4.84 Å². The van der Waals surface area contributed by atoms with Crippen LogP contribution in [0.25, 0.3) is 10.9 Å². The fourth-order valence-electron chi connectivity index (χ4n) is 2.91. The summed E-state index contributed by atoms with van der Waals surface area (Å²) in [4.78, 5) is 22.6. The molecule has 23 heavy (non-hydrogen) atoms. The number of oxime groups is 1. The number of aromatic nitrogens is 1. The molecule has 1 amide bonds. The van der Waals surface area contributed by atoms with Crippen LogP contribution in [0.3, 0.4) is 0 Å². The molecular formula is C18H21N3O2. The Balaban J connectivity index is 1.85. The Bertz CT molecular complexity index is 813. The Kier molecular flexibility index (Phi) is 3.80. The first-order valence-corrected chi connectivity index (χ1v) is 7.74. The zero-order valence-electron chi connectivity index (χ0n) is 13.9. The van der Waals surface area contributed by atoms with Gasteiger partial charge in [0, 0.05) is 17.5 Å². The number of pyridine rings is 1. The van der Waals surface area contributed by atoms with Gasteiger partial charge in [-0.2, -0.15) is 0 Å². The molecule has 120 valence electrons. The van der Waals surface area contributed by atoms with E-state index in [2.05, 4.69) is 15.5 Å². The van der Waals surface area contributed by atoms with Gasteiger partial charge in [-0.15, -0.1) is 0 Å².